The summed E-state index contributed by atoms with van der Waals surface area (Å²) in [4.78, 5) is 1.23. The predicted molar refractivity (Wildman–Crippen MR) is 47.9 cm³/mol. The molecule has 0 aliphatic rings. The molecule has 62 valence electrons. The standard InChI is InChI=1S/C8H13NOS/c1-6-3-4-11-8(6)7(9)5-10-2/h3-4,7H,5,9H2,1-2H3/t7-/m0/s1. The molecule has 11 heavy (non-hydrogen) atoms. The number of hydrogen-bond donors (Lipinski definition) is 1. The Labute approximate surface area is 71.0 Å². The van der Waals surface area contributed by atoms with Crippen LogP contribution in [-0.2, 0) is 4.74 Å². The number of aryl methyl sites for hydroxylation is 1. The zero-order valence-corrected chi connectivity index (χ0v) is 7.65. The Morgan fingerprint density at radius 2 is 2.45 bits per heavy atom. The van der Waals surface area contributed by atoms with Gasteiger partial charge in [0, 0.05) is 12.0 Å². The fourth-order valence-corrected chi connectivity index (χ4v) is 1.94. The quantitative estimate of drug-likeness (QED) is 0.751. The van der Waals surface area contributed by atoms with Crippen molar-refractivity contribution in [1.82, 2.24) is 0 Å². The summed E-state index contributed by atoms with van der Waals surface area (Å²) < 4.78 is 4.96. The van der Waals surface area contributed by atoms with Gasteiger partial charge in [0.15, 0.2) is 0 Å². The second-order valence-corrected chi connectivity index (χ2v) is 3.48. The Morgan fingerprint density at radius 1 is 1.73 bits per heavy atom. The van der Waals surface area contributed by atoms with Gasteiger partial charge in [-0.05, 0) is 23.9 Å². The molecular formula is C8H13NOS. The van der Waals surface area contributed by atoms with Crippen molar-refractivity contribution < 1.29 is 4.74 Å². The first-order chi connectivity index (χ1) is 5.25. The molecule has 1 aromatic heterocycles. The van der Waals surface area contributed by atoms with Crippen LogP contribution >= 0.6 is 11.3 Å². The van der Waals surface area contributed by atoms with Crippen LogP contribution in [0.1, 0.15) is 16.5 Å². The van der Waals surface area contributed by atoms with Crippen LogP contribution in [0.5, 0.6) is 0 Å². The van der Waals surface area contributed by atoms with Gasteiger partial charge in [0.25, 0.3) is 0 Å². The van der Waals surface area contributed by atoms with Crippen LogP contribution in [0.3, 0.4) is 0 Å². The van der Waals surface area contributed by atoms with Gasteiger partial charge in [0.1, 0.15) is 0 Å². The molecule has 0 fully saturated rings. The topological polar surface area (TPSA) is 35.2 Å². The fraction of sp³-hybridized carbons (Fsp3) is 0.500. The number of methoxy groups -OCH3 is 1. The number of hydrogen-bond acceptors (Lipinski definition) is 3. The average molecular weight is 171 g/mol. The molecule has 2 N–H and O–H groups in total. The molecule has 1 aromatic rings. The molecule has 0 saturated heterocycles. The molecular weight excluding hydrogens is 158 g/mol. The third-order valence-corrected chi connectivity index (χ3v) is 2.74. The minimum atomic E-state index is 0.0417. The third kappa shape index (κ3) is 2.02. The lowest BCUT2D eigenvalue weighted by molar-refractivity contribution is 0.181. The van der Waals surface area contributed by atoms with E-state index >= 15 is 0 Å². The second-order valence-electron chi connectivity index (χ2n) is 2.53. The van der Waals surface area contributed by atoms with E-state index in [0.29, 0.717) is 6.61 Å². The van der Waals surface area contributed by atoms with Crippen molar-refractivity contribution in [2.75, 3.05) is 13.7 Å². The number of ether oxygens (including phenoxy) is 1. The minimum Gasteiger partial charge on any atom is -0.383 e. The zero-order valence-electron chi connectivity index (χ0n) is 6.83. The number of thiophene rings is 1. The molecule has 0 bridgehead atoms. The van der Waals surface area contributed by atoms with Crippen molar-refractivity contribution in [3.63, 3.8) is 0 Å². The lowest BCUT2D eigenvalue weighted by Crippen LogP contribution is -2.15. The second kappa shape index (κ2) is 3.85. The molecule has 1 atom stereocenters. The highest BCUT2D eigenvalue weighted by atomic mass is 32.1. The monoisotopic (exact) mass is 171 g/mol. The van der Waals surface area contributed by atoms with Gasteiger partial charge in [0.05, 0.1) is 12.6 Å². The van der Waals surface area contributed by atoms with Gasteiger partial charge in [0.2, 0.25) is 0 Å². The van der Waals surface area contributed by atoms with E-state index in [9.17, 15) is 0 Å². The first kappa shape index (κ1) is 8.71. The Morgan fingerprint density at radius 3 is 2.91 bits per heavy atom. The number of rotatable bonds is 3. The van der Waals surface area contributed by atoms with Crippen LogP contribution in [0, 0.1) is 6.92 Å². The Hall–Kier alpha value is -0.380. The van der Waals surface area contributed by atoms with Crippen LogP contribution in [0.25, 0.3) is 0 Å². The average Bonchev–Trinajstić information content (AvgIpc) is 2.36. The molecule has 0 spiro atoms. The first-order valence-corrected chi connectivity index (χ1v) is 4.42. The molecule has 1 rings (SSSR count). The maximum Gasteiger partial charge on any atom is 0.0663 e. The molecule has 0 aromatic carbocycles. The maximum absolute atomic E-state index is 5.84. The lowest BCUT2D eigenvalue weighted by Gasteiger charge is -2.08. The van der Waals surface area contributed by atoms with Gasteiger partial charge < -0.3 is 10.5 Å². The van der Waals surface area contributed by atoms with E-state index in [1.165, 1.54) is 10.4 Å². The normalized spacial score (nSPS) is 13.4. The Kier molecular flexibility index (Phi) is 3.05. The van der Waals surface area contributed by atoms with Crippen molar-refractivity contribution in [2.45, 2.75) is 13.0 Å². The van der Waals surface area contributed by atoms with Gasteiger partial charge in [-0.2, -0.15) is 0 Å². The third-order valence-electron chi connectivity index (χ3n) is 1.58. The maximum atomic E-state index is 5.84. The summed E-state index contributed by atoms with van der Waals surface area (Å²) in [6.45, 7) is 2.67. The van der Waals surface area contributed by atoms with Crippen LogP contribution in [0.4, 0.5) is 0 Å². The van der Waals surface area contributed by atoms with E-state index in [0.717, 1.165) is 0 Å². The molecule has 0 aliphatic heterocycles. The molecule has 0 aliphatic carbocycles. The molecule has 0 unspecified atom stereocenters. The van der Waals surface area contributed by atoms with Crippen molar-refractivity contribution in [3.8, 4) is 0 Å². The van der Waals surface area contributed by atoms with E-state index in [4.69, 9.17) is 10.5 Å². The highest BCUT2D eigenvalue weighted by molar-refractivity contribution is 7.10. The van der Waals surface area contributed by atoms with Crippen molar-refractivity contribution in [3.05, 3.63) is 21.9 Å². The highest BCUT2D eigenvalue weighted by Gasteiger charge is 2.08. The summed E-state index contributed by atoms with van der Waals surface area (Å²) in [5, 5.41) is 2.06. The first-order valence-electron chi connectivity index (χ1n) is 3.54. The molecule has 0 saturated carbocycles. The van der Waals surface area contributed by atoms with Gasteiger partial charge >= 0.3 is 0 Å². The molecule has 0 radical (unpaired) electrons. The molecule has 3 heteroatoms. The van der Waals surface area contributed by atoms with E-state index in [1.807, 2.05) is 0 Å². The highest BCUT2D eigenvalue weighted by Crippen LogP contribution is 2.21. The van der Waals surface area contributed by atoms with Crippen molar-refractivity contribution in [2.24, 2.45) is 5.73 Å². The van der Waals surface area contributed by atoms with Crippen LogP contribution in [0.15, 0.2) is 11.4 Å². The van der Waals surface area contributed by atoms with Gasteiger partial charge in [-0.25, -0.2) is 0 Å². The summed E-state index contributed by atoms with van der Waals surface area (Å²) in [7, 11) is 1.67. The van der Waals surface area contributed by atoms with Crippen LogP contribution in [-0.4, -0.2) is 13.7 Å². The Balaban J connectivity index is 2.67. The predicted octanol–water partition coefficient (Wildman–Crippen LogP) is 1.70. The molecule has 1 heterocycles. The van der Waals surface area contributed by atoms with Crippen molar-refractivity contribution >= 4 is 11.3 Å². The lowest BCUT2D eigenvalue weighted by atomic mass is 10.2. The summed E-state index contributed by atoms with van der Waals surface area (Å²) in [5.41, 5.74) is 7.10. The summed E-state index contributed by atoms with van der Waals surface area (Å²) in [6, 6.07) is 2.12. The van der Waals surface area contributed by atoms with Crippen LogP contribution < -0.4 is 5.73 Å². The van der Waals surface area contributed by atoms with E-state index in [1.54, 1.807) is 18.4 Å². The smallest absolute Gasteiger partial charge is 0.0663 e. The Bertz CT molecular complexity index is 222. The fourth-order valence-electron chi connectivity index (χ4n) is 1.02. The largest absolute Gasteiger partial charge is 0.383 e. The SMILES string of the molecule is COC[C@H](N)c1sccc1C. The molecule has 2 nitrogen and oxygen atoms in total. The summed E-state index contributed by atoms with van der Waals surface area (Å²) in [5.74, 6) is 0. The molecule has 0 amide bonds. The van der Waals surface area contributed by atoms with Gasteiger partial charge in [-0.15, -0.1) is 11.3 Å². The van der Waals surface area contributed by atoms with E-state index < -0.39 is 0 Å². The van der Waals surface area contributed by atoms with Gasteiger partial charge in [-0.1, -0.05) is 0 Å². The summed E-state index contributed by atoms with van der Waals surface area (Å²) >= 11 is 1.69. The summed E-state index contributed by atoms with van der Waals surface area (Å²) in [6.07, 6.45) is 0. The van der Waals surface area contributed by atoms with Gasteiger partial charge in [-0.3, -0.25) is 0 Å². The van der Waals surface area contributed by atoms with E-state index in [-0.39, 0.29) is 6.04 Å². The zero-order chi connectivity index (χ0) is 8.27. The van der Waals surface area contributed by atoms with Crippen LogP contribution in [0.2, 0.25) is 0 Å². The van der Waals surface area contributed by atoms with E-state index in [2.05, 4.69) is 18.4 Å². The van der Waals surface area contributed by atoms with Crippen molar-refractivity contribution in [1.29, 1.82) is 0 Å². The number of nitrogens with two attached hydrogens (primary N) is 1. The minimum absolute atomic E-state index is 0.0417.